The van der Waals surface area contributed by atoms with Crippen molar-refractivity contribution in [1.29, 1.82) is 0 Å². The number of carbonyl (C=O) groups excluding carboxylic acids is 3. The molecule has 2 amide bonds. The number of aliphatic hydroxyl groups excluding tert-OH is 1. The Bertz CT molecular complexity index is 1260. The van der Waals surface area contributed by atoms with Gasteiger partial charge in [-0.1, -0.05) is 30.9 Å². The van der Waals surface area contributed by atoms with E-state index < -0.39 is 23.8 Å². The summed E-state index contributed by atoms with van der Waals surface area (Å²) in [7, 11) is 1.46. The molecule has 0 saturated carbocycles. The molecule has 2 aliphatic heterocycles. The van der Waals surface area contributed by atoms with Crippen LogP contribution in [0.25, 0.3) is 11.8 Å². The molecule has 0 bridgehead atoms. The Morgan fingerprint density at radius 2 is 1.85 bits per heavy atom. The van der Waals surface area contributed by atoms with Gasteiger partial charge in [0.15, 0.2) is 11.5 Å². The molecule has 4 rings (SSSR count). The highest BCUT2D eigenvalue weighted by atomic mass is 16.6. The van der Waals surface area contributed by atoms with Gasteiger partial charge in [-0.05, 0) is 39.3 Å². The molecule has 1 unspecified atom stereocenters. The standard InChI is InChI=1S/C27H36N6O6/c1-7-18-11-9-10-12-19(18)33-21-22(32(17-20(34)38-8-2)25(36)29(6)23(21)35)28-24(33)30-13-15-31(16-14-30)26(37)39-27(3,4)5/h7,9-12,25,36H,1,8,13-17H2,2-6H3. The van der Waals surface area contributed by atoms with E-state index in [4.69, 9.17) is 14.5 Å². The Morgan fingerprint density at radius 3 is 2.46 bits per heavy atom. The molecular weight excluding hydrogens is 504 g/mol. The van der Waals surface area contributed by atoms with E-state index >= 15 is 0 Å². The average Bonchev–Trinajstić information content (AvgIpc) is 3.29. The number of amides is 2. The second kappa shape index (κ2) is 11.0. The largest absolute Gasteiger partial charge is 0.465 e. The van der Waals surface area contributed by atoms with Gasteiger partial charge in [0.05, 0.1) is 12.3 Å². The lowest BCUT2D eigenvalue weighted by Crippen LogP contribution is -2.55. The van der Waals surface area contributed by atoms with Gasteiger partial charge in [0.25, 0.3) is 5.91 Å². The molecule has 12 heteroatoms. The molecule has 210 valence electrons. The van der Waals surface area contributed by atoms with Gasteiger partial charge in [-0.2, -0.15) is 4.98 Å². The summed E-state index contributed by atoms with van der Waals surface area (Å²) in [6, 6.07) is 7.45. The number of nitrogens with zero attached hydrogens (tertiary/aromatic N) is 6. The summed E-state index contributed by atoms with van der Waals surface area (Å²) in [4.78, 5) is 49.6. The topological polar surface area (TPSA) is 121 Å². The number of aliphatic hydroxyl groups is 1. The smallest absolute Gasteiger partial charge is 0.410 e. The maximum atomic E-state index is 13.6. The van der Waals surface area contributed by atoms with Crippen LogP contribution in [0.2, 0.25) is 0 Å². The van der Waals surface area contributed by atoms with Crippen LogP contribution in [0.15, 0.2) is 30.8 Å². The van der Waals surface area contributed by atoms with Crippen LogP contribution < -0.4 is 9.80 Å². The molecule has 1 fully saturated rings. The molecule has 0 spiro atoms. The fourth-order valence-electron chi connectivity index (χ4n) is 4.60. The number of fused-ring (bicyclic) bond motifs is 1. The fourth-order valence-corrected chi connectivity index (χ4v) is 4.60. The molecule has 12 nitrogen and oxygen atoms in total. The Balaban J connectivity index is 1.79. The number of carbonyl (C=O) groups is 3. The zero-order chi connectivity index (χ0) is 28.5. The SMILES string of the molecule is C=Cc1ccccc1-n1c(N2CCN(C(=O)OC(C)(C)C)CC2)nc2c1C(=O)N(C)C(O)N2CC(=O)OCC. The molecule has 1 N–H and O–H groups in total. The number of aromatic nitrogens is 2. The van der Waals surface area contributed by atoms with Gasteiger partial charge in [-0.3, -0.25) is 19.1 Å². The number of imidazole rings is 1. The third-order valence-electron chi connectivity index (χ3n) is 6.48. The molecule has 3 heterocycles. The molecule has 1 aromatic carbocycles. The van der Waals surface area contributed by atoms with E-state index in [-0.39, 0.29) is 30.8 Å². The van der Waals surface area contributed by atoms with Crippen molar-refractivity contribution in [2.75, 3.05) is 56.2 Å². The first kappa shape index (κ1) is 28.0. The predicted molar refractivity (Wildman–Crippen MR) is 146 cm³/mol. The minimum atomic E-state index is -1.41. The minimum absolute atomic E-state index is 0.169. The Hall–Kier alpha value is -4.06. The van der Waals surface area contributed by atoms with E-state index in [0.717, 1.165) is 10.5 Å². The quantitative estimate of drug-likeness (QED) is 0.550. The number of rotatable bonds is 6. The summed E-state index contributed by atoms with van der Waals surface area (Å²) in [5.74, 6) is -0.397. The van der Waals surface area contributed by atoms with Crippen molar-refractivity contribution >= 4 is 35.8 Å². The monoisotopic (exact) mass is 540 g/mol. The van der Waals surface area contributed by atoms with Gasteiger partial charge in [-0.25, -0.2) is 4.79 Å². The second-order valence-corrected chi connectivity index (χ2v) is 10.3. The Kier molecular flexibility index (Phi) is 7.86. The summed E-state index contributed by atoms with van der Waals surface area (Å²) in [5.41, 5.74) is 1.03. The number of hydrogen-bond donors (Lipinski definition) is 1. The van der Waals surface area contributed by atoms with Crippen molar-refractivity contribution in [2.45, 2.75) is 39.6 Å². The Morgan fingerprint density at radius 1 is 1.18 bits per heavy atom. The van der Waals surface area contributed by atoms with Crippen LogP contribution in [0, 0.1) is 0 Å². The summed E-state index contributed by atoms with van der Waals surface area (Å²) < 4.78 is 12.4. The highest BCUT2D eigenvalue weighted by Gasteiger charge is 2.42. The van der Waals surface area contributed by atoms with E-state index in [9.17, 15) is 19.5 Å². The number of benzene rings is 1. The van der Waals surface area contributed by atoms with Crippen LogP contribution in [0.4, 0.5) is 16.6 Å². The van der Waals surface area contributed by atoms with Crippen molar-refractivity contribution < 1.29 is 29.0 Å². The molecule has 0 radical (unpaired) electrons. The van der Waals surface area contributed by atoms with Crippen LogP contribution >= 0.6 is 0 Å². The second-order valence-electron chi connectivity index (χ2n) is 10.3. The molecule has 2 aromatic rings. The van der Waals surface area contributed by atoms with Crippen LogP contribution in [-0.4, -0.2) is 101 Å². The van der Waals surface area contributed by atoms with E-state index in [0.29, 0.717) is 37.8 Å². The van der Waals surface area contributed by atoms with Crippen molar-refractivity contribution in [3.05, 3.63) is 42.1 Å². The first-order chi connectivity index (χ1) is 18.5. The third kappa shape index (κ3) is 5.56. The van der Waals surface area contributed by atoms with Gasteiger partial charge < -0.3 is 29.3 Å². The molecule has 39 heavy (non-hydrogen) atoms. The zero-order valence-electron chi connectivity index (χ0n) is 23.1. The minimum Gasteiger partial charge on any atom is -0.465 e. The lowest BCUT2D eigenvalue weighted by molar-refractivity contribution is -0.142. The van der Waals surface area contributed by atoms with E-state index in [2.05, 4.69) is 6.58 Å². The average molecular weight is 541 g/mol. The highest BCUT2D eigenvalue weighted by Crippen LogP contribution is 2.37. The molecule has 2 aliphatic rings. The van der Waals surface area contributed by atoms with Crippen molar-refractivity contribution in [3.63, 3.8) is 0 Å². The summed E-state index contributed by atoms with van der Waals surface area (Å²) in [6.45, 7) is 12.6. The molecule has 0 aliphatic carbocycles. The van der Waals surface area contributed by atoms with Gasteiger partial charge >= 0.3 is 12.1 Å². The predicted octanol–water partition coefficient (Wildman–Crippen LogP) is 2.30. The molecule has 1 aromatic heterocycles. The highest BCUT2D eigenvalue weighted by molar-refractivity contribution is 6.01. The van der Waals surface area contributed by atoms with Gasteiger partial charge in [-0.15, -0.1) is 0 Å². The summed E-state index contributed by atoms with van der Waals surface area (Å²) in [6.07, 6.45) is -0.111. The first-order valence-corrected chi connectivity index (χ1v) is 12.9. The zero-order valence-corrected chi connectivity index (χ0v) is 23.1. The number of para-hydroxylation sites is 1. The number of piperazine rings is 1. The lowest BCUT2D eigenvalue weighted by Gasteiger charge is -2.38. The van der Waals surface area contributed by atoms with Crippen molar-refractivity contribution in [3.8, 4) is 5.69 Å². The summed E-state index contributed by atoms with van der Waals surface area (Å²) in [5, 5.41) is 10.9. The van der Waals surface area contributed by atoms with Gasteiger partial charge in [0, 0.05) is 33.2 Å². The maximum Gasteiger partial charge on any atom is 0.410 e. The summed E-state index contributed by atoms with van der Waals surface area (Å²) >= 11 is 0. The normalized spacial score (nSPS) is 17.7. The molecule has 1 atom stereocenters. The first-order valence-electron chi connectivity index (χ1n) is 12.9. The third-order valence-corrected chi connectivity index (χ3v) is 6.48. The van der Waals surface area contributed by atoms with Crippen molar-refractivity contribution in [1.82, 2.24) is 19.4 Å². The van der Waals surface area contributed by atoms with Crippen LogP contribution in [0.1, 0.15) is 43.7 Å². The number of anilines is 2. The number of ether oxygens (including phenoxy) is 2. The van der Waals surface area contributed by atoms with Crippen LogP contribution in [0.5, 0.6) is 0 Å². The molecular formula is C27H36N6O6. The van der Waals surface area contributed by atoms with Crippen LogP contribution in [-0.2, 0) is 14.3 Å². The Labute approximate surface area is 228 Å². The van der Waals surface area contributed by atoms with Gasteiger partial charge in [0.1, 0.15) is 12.1 Å². The van der Waals surface area contributed by atoms with E-state index in [1.54, 1.807) is 22.5 Å². The number of hydrogen-bond acceptors (Lipinski definition) is 9. The molecule has 1 saturated heterocycles. The lowest BCUT2D eigenvalue weighted by atomic mass is 10.1. The fraction of sp³-hybridized carbons (Fsp3) is 0.481. The van der Waals surface area contributed by atoms with Crippen molar-refractivity contribution in [2.24, 2.45) is 0 Å². The van der Waals surface area contributed by atoms with Gasteiger partial charge in [0.2, 0.25) is 12.3 Å². The van der Waals surface area contributed by atoms with Crippen LogP contribution in [0.3, 0.4) is 0 Å². The maximum absolute atomic E-state index is 13.6. The van der Waals surface area contributed by atoms with E-state index in [1.807, 2.05) is 49.9 Å². The van der Waals surface area contributed by atoms with E-state index in [1.165, 1.54) is 11.9 Å². The number of esters is 1.